The number of primary amides is 1. The minimum Gasteiger partial charge on any atom is -0.398 e. The highest BCUT2D eigenvalue weighted by atomic mass is 32.1. The summed E-state index contributed by atoms with van der Waals surface area (Å²) in [7, 11) is 0. The van der Waals surface area contributed by atoms with E-state index in [0.717, 1.165) is 21.6 Å². The molecule has 0 radical (unpaired) electrons. The third kappa shape index (κ3) is 3.29. The molecule has 3 aromatic rings. The molecule has 3 heterocycles. The number of nitrogen functional groups attached to an aromatic ring is 1. The topological polar surface area (TPSA) is 114 Å². The second kappa shape index (κ2) is 7.32. The summed E-state index contributed by atoms with van der Waals surface area (Å²) in [6, 6.07) is 10.7. The number of hydrogen-bond donors (Lipinski definition) is 3. The number of rotatable bonds is 3. The molecule has 1 aliphatic rings. The average Bonchev–Trinajstić information content (AvgIpc) is 3.08. The van der Waals surface area contributed by atoms with Crippen molar-refractivity contribution in [1.29, 1.82) is 0 Å². The highest BCUT2D eigenvalue weighted by Crippen LogP contribution is 2.41. The van der Waals surface area contributed by atoms with Crippen molar-refractivity contribution >= 4 is 34.6 Å². The number of benzene rings is 1. The maximum atomic E-state index is 12.6. The summed E-state index contributed by atoms with van der Waals surface area (Å²) in [4.78, 5) is 31.8. The largest absolute Gasteiger partial charge is 0.398 e. The maximum absolute atomic E-state index is 12.6. The first kappa shape index (κ1) is 18.0. The zero-order valence-electron chi connectivity index (χ0n) is 15.0. The molecule has 1 aliphatic heterocycles. The smallest absolute Gasteiger partial charge is 0.322 e. The van der Waals surface area contributed by atoms with Gasteiger partial charge in [0.25, 0.3) is 5.91 Å². The van der Waals surface area contributed by atoms with Crippen LogP contribution in [-0.4, -0.2) is 28.4 Å². The predicted molar refractivity (Wildman–Crippen MR) is 110 cm³/mol. The van der Waals surface area contributed by atoms with Crippen LogP contribution in [0.3, 0.4) is 0 Å². The molecule has 3 amide bonds. The van der Waals surface area contributed by atoms with Crippen molar-refractivity contribution in [2.75, 3.05) is 17.6 Å². The minimum absolute atomic E-state index is 0.188. The lowest BCUT2D eigenvalue weighted by Crippen LogP contribution is -2.38. The Hall–Kier alpha value is -3.39. The first-order chi connectivity index (χ1) is 13.5. The van der Waals surface area contributed by atoms with Crippen LogP contribution in [0, 0.1) is 0 Å². The molecule has 1 aromatic carbocycles. The van der Waals surface area contributed by atoms with Crippen LogP contribution in [0.25, 0.3) is 11.1 Å². The van der Waals surface area contributed by atoms with Crippen LogP contribution in [0.2, 0.25) is 0 Å². The predicted octanol–water partition coefficient (Wildman–Crippen LogP) is 3.08. The normalized spacial score (nSPS) is 13.1. The highest BCUT2D eigenvalue weighted by molar-refractivity contribution is 7.14. The monoisotopic (exact) mass is 393 g/mol. The first-order valence-corrected chi connectivity index (χ1v) is 9.61. The van der Waals surface area contributed by atoms with Crippen LogP contribution >= 0.6 is 11.3 Å². The van der Waals surface area contributed by atoms with E-state index in [0.29, 0.717) is 35.8 Å². The SMILES string of the molecule is NC(=O)c1sc2c(c1-c1ccccc1N)CCN(C(=O)Nc1ccncc1)C2. The zero-order chi connectivity index (χ0) is 19.7. The number of nitrogens with one attached hydrogen (secondary N) is 1. The van der Waals surface area contributed by atoms with Gasteiger partial charge in [-0.05, 0) is 30.2 Å². The fourth-order valence-corrected chi connectivity index (χ4v) is 4.63. The Bertz CT molecular complexity index is 1050. The van der Waals surface area contributed by atoms with Crippen molar-refractivity contribution in [3.8, 4) is 11.1 Å². The average molecular weight is 393 g/mol. The number of carbonyl (C=O) groups is 2. The van der Waals surface area contributed by atoms with Crippen LogP contribution in [0.5, 0.6) is 0 Å². The molecular formula is C20H19N5O2S. The number of anilines is 2. The number of thiophene rings is 1. The van der Waals surface area contributed by atoms with Crippen LogP contribution in [0.1, 0.15) is 20.1 Å². The number of aromatic nitrogens is 1. The Balaban J connectivity index is 1.65. The van der Waals surface area contributed by atoms with Gasteiger partial charge in [0.15, 0.2) is 0 Å². The Morgan fingerprint density at radius 3 is 2.61 bits per heavy atom. The Labute approximate surface area is 166 Å². The molecule has 0 fully saturated rings. The van der Waals surface area contributed by atoms with Gasteiger partial charge in [0, 0.05) is 46.3 Å². The number of nitrogens with zero attached hydrogens (tertiary/aromatic N) is 2. The van der Waals surface area contributed by atoms with Gasteiger partial charge in [-0.3, -0.25) is 9.78 Å². The second-order valence-electron chi connectivity index (χ2n) is 6.50. The number of para-hydroxylation sites is 1. The molecule has 0 atom stereocenters. The molecule has 7 nitrogen and oxygen atoms in total. The molecule has 28 heavy (non-hydrogen) atoms. The van der Waals surface area contributed by atoms with E-state index in [-0.39, 0.29) is 6.03 Å². The molecule has 0 saturated heterocycles. The number of carbonyl (C=O) groups excluding carboxylic acids is 2. The van der Waals surface area contributed by atoms with E-state index in [1.807, 2.05) is 24.3 Å². The summed E-state index contributed by atoms with van der Waals surface area (Å²) in [5.41, 5.74) is 15.7. The van der Waals surface area contributed by atoms with E-state index >= 15 is 0 Å². The highest BCUT2D eigenvalue weighted by Gasteiger charge is 2.29. The second-order valence-corrected chi connectivity index (χ2v) is 7.60. The van der Waals surface area contributed by atoms with Gasteiger partial charge in [-0.2, -0.15) is 0 Å². The van der Waals surface area contributed by atoms with Gasteiger partial charge in [0.1, 0.15) is 4.88 Å². The molecule has 8 heteroatoms. The molecule has 2 aromatic heterocycles. The van der Waals surface area contributed by atoms with Crippen LogP contribution in [0.4, 0.5) is 16.2 Å². The summed E-state index contributed by atoms with van der Waals surface area (Å²) < 4.78 is 0. The third-order valence-electron chi connectivity index (χ3n) is 4.73. The zero-order valence-corrected chi connectivity index (χ0v) is 15.8. The number of fused-ring (bicyclic) bond motifs is 1. The van der Waals surface area contributed by atoms with Crippen molar-refractivity contribution in [3.63, 3.8) is 0 Å². The summed E-state index contributed by atoms with van der Waals surface area (Å²) in [5, 5.41) is 2.87. The van der Waals surface area contributed by atoms with Gasteiger partial charge in [0.05, 0.1) is 6.54 Å². The molecule has 0 bridgehead atoms. The molecule has 0 unspecified atom stereocenters. The Morgan fingerprint density at radius 2 is 1.89 bits per heavy atom. The van der Waals surface area contributed by atoms with Gasteiger partial charge in [-0.15, -0.1) is 11.3 Å². The van der Waals surface area contributed by atoms with E-state index in [1.165, 1.54) is 11.3 Å². The quantitative estimate of drug-likeness (QED) is 0.593. The number of nitrogens with two attached hydrogens (primary N) is 2. The van der Waals surface area contributed by atoms with E-state index in [4.69, 9.17) is 11.5 Å². The van der Waals surface area contributed by atoms with Crippen molar-refractivity contribution in [2.24, 2.45) is 5.73 Å². The lowest BCUT2D eigenvalue weighted by molar-refractivity contribution is 0.100. The fourth-order valence-electron chi connectivity index (χ4n) is 3.40. The molecule has 0 aliphatic carbocycles. The maximum Gasteiger partial charge on any atom is 0.322 e. The van der Waals surface area contributed by atoms with Gasteiger partial charge < -0.3 is 21.7 Å². The molecule has 5 N–H and O–H groups in total. The van der Waals surface area contributed by atoms with E-state index in [9.17, 15) is 9.59 Å². The van der Waals surface area contributed by atoms with E-state index in [2.05, 4.69) is 10.3 Å². The van der Waals surface area contributed by atoms with Crippen molar-refractivity contribution in [1.82, 2.24) is 9.88 Å². The molecule has 4 rings (SSSR count). The molecule has 142 valence electrons. The van der Waals surface area contributed by atoms with Crippen LogP contribution < -0.4 is 16.8 Å². The molecular weight excluding hydrogens is 374 g/mol. The van der Waals surface area contributed by atoms with Crippen molar-refractivity contribution in [2.45, 2.75) is 13.0 Å². The van der Waals surface area contributed by atoms with Gasteiger partial charge in [-0.1, -0.05) is 18.2 Å². The standard InChI is InChI=1S/C20H19N5O2S/c21-15-4-2-1-3-13(15)17-14-7-10-25(11-16(14)28-18(17)19(22)26)20(27)24-12-5-8-23-9-6-12/h1-6,8-9H,7,10-11,21H2,(H2,22,26)(H,23,24,27). The minimum atomic E-state index is -0.481. The fraction of sp³-hybridized carbons (Fsp3) is 0.150. The van der Waals surface area contributed by atoms with Crippen LogP contribution in [0.15, 0.2) is 48.8 Å². The molecule has 0 saturated carbocycles. The van der Waals surface area contributed by atoms with E-state index in [1.54, 1.807) is 29.4 Å². The lowest BCUT2D eigenvalue weighted by atomic mass is 9.94. The summed E-state index contributed by atoms with van der Waals surface area (Å²) in [6.07, 6.45) is 3.88. The van der Waals surface area contributed by atoms with Gasteiger partial charge in [0.2, 0.25) is 0 Å². The van der Waals surface area contributed by atoms with Crippen molar-refractivity contribution < 1.29 is 9.59 Å². The summed E-state index contributed by atoms with van der Waals surface area (Å²) in [5.74, 6) is -0.481. The van der Waals surface area contributed by atoms with Gasteiger partial charge in [-0.25, -0.2) is 4.79 Å². The Morgan fingerprint density at radius 1 is 1.14 bits per heavy atom. The van der Waals surface area contributed by atoms with Gasteiger partial charge >= 0.3 is 6.03 Å². The van der Waals surface area contributed by atoms with Crippen molar-refractivity contribution in [3.05, 3.63) is 64.1 Å². The molecule has 0 spiro atoms. The summed E-state index contributed by atoms with van der Waals surface area (Å²) >= 11 is 1.34. The number of pyridine rings is 1. The Kier molecular flexibility index (Phi) is 4.70. The number of hydrogen-bond acceptors (Lipinski definition) is 5. The van der Waals surface area contributed by atoms with E-state index < -0.39 is 5.91 Å². The van der Waals surface area contributed by atoms with Crippen LogP contribution in [-0.2, 0) is 13.0 Å². The summed E-state index contributed by atoms with van der Waals surface area (Å²) in [6.45, 7) is 0.961. The lowest BCUT2D eigenvalue weighted by Gasteiger charge is -2.27. The first-order valence-electron chi connectivity index (χ1n) is 8.79. The number of urea groups is 1. The third-order valence-corrected chi connectivity index (χ3v) is 5.96. The number of amides is 3.